The number of halogens is 2. The molecule has 1 N–H and O–H groups in total. The van der Waals surface area contributed by atoms with Crippen LogP contribution in [0.4, 0.5) is 14.5 Å². The second kappa shape index (κ2) is 5.45. The van der Waals surface area contributed by atoms with Gasteiger partial charge in [-0.05, 0) is 37.8 Å². The molecule has 1 fully saturated rings. The predicted molar refractivity (Wildman–Crippen MR) is 63.0 cm³/mol. The van der Waals surface area contributed by atoms with Gasteiger partial charge in [0, 0.05) is 24.9 Å². The number of anilines is 1. The molecule has 0 aliphatic heterocycles. The number of benzene rings is 1. The van der Waals surface area contributed by atoms with Crippen LogP contribution in [0.15, 0.2) is 18.2 Å². The van der Waals surface area contributed by atoms with Crippen LogP contribution in [0.5, 0.6) is 0 Å². The molecule has 4 heteroatoms. The molecule has 1 saturated carbocycles. The summed E-state index contributed by atoms with van der Waals surface area (Å²) in [4.78, 5) is 0. The number of rotatable bonds is 3. The van der Waals surface area contributed by atoms with Crippen molar-refractivity contribution in [2.45, 2.75) is 37.8 Å². The van der Waals surface area contributed by atoms with E-state index in [1.807, 2.05) is 0 Å². The Kier molecular flexibility index (Phi) is 3.94. The van der Waals surface area contributed by atoms with E-state index in [-0.39, 0.29) is 6.04 Å². The van der Waals surface area contributed by atoms with E-state index in [1.54, 1.807) is 7.11 Å². The molecule has 2 nitrogen and oxygen atoms in total. The number of nitrogens with one attached hydrogen (secondary N) is 1. The van der Waals surface area contributed by atoms with Crippen LogP contribution >= 0.6 is 0 Å². The Balaban J connectivity index is 1.93. The molecule has 1 aliphatic carbocycles. The molecular weight excluding hydrogens is 224 g/mol. The summed E-state index contributed by atoms with van der Waals surface area (Å²) in [5.41, 5.74) is 0.517. The SMILES string of the molecule is COC1CCC(Nc2cc(F)cc(F)c2)CC1. The van der Waals surface area contributed by atoms with Crippen LogP contribution in [0.2, 0.25) is 0 Å². The zero-order valence-electron chi connectivity index (χ0n) is 9.88. The van der Waals surface area contributed by atoms with Crippen LogP contribution in [0.3, 0.4) is 0 Å². The molecule has 0 amide bonds. The third-order valence-electron chi connectivity index (χ3n) is 3.24. The van der Waals surface area contributed by atoms with E-state index in [2.05, 4.69) is 5.32 Å². The molecular formula is C13H17F2NO. The van der Waals surface area contributed by atoms with Crippen molar-refractivity contribution in [1.29, 1.82) is 0 Å². The lowest BCUT2D eigenvalue weighted by Gasteiger charge is -2.28. The Morgan fingerprint density at radius 3 is 2.18 bits per heavy atom. The van der Waals surface area contributed by atoms with Gasteiger partial charge in [0.25, 0.3) is 0 Å². The summed E-state index contributed by atoms with van der Waals surface area (Å²) >= 11 is 0. The van der Waals surface area contributed by atoms with Crippen molar-refractivity contribution >= 4 is 5.69 Å². The highest BCUT2D eigenvalue weighted by Gasteiger charge is 2.20. The normalized spacial score (nSPS) is 24.6. The lowest BCUT2D eigenvalue weighted by molar-refractivity contribution is 0.0682. The van der Waals surface area contributed by atoms with Gasteiger partial charge in [0.1, 0.15) is 11.6 Å². The largest absolute Gasteiger partial charge is 0.382 e. The predicted octanol–water partition coefficient (Wildman–Crippen LogP) is 3.33. The summed E-state index contributed by atoms with van der Waals surface area (Å²) in [6, 6.07) is 3.81. The number of ether oxygens (including phenoxy) is 1. The molecule has 0 spiro atoms. The van der Waals surface area contributed by atoms with Crippen LogP contribution in [-0.4, -0.2) is 19.3 Å². The molecule has 0 bridgehead atoms. The topological polar surface area (TPSA) is 21.3 Å². The van der Waals surface area contributed by atoms with E-state index in [9.17, 15) is 8.78 Å². The van der Waals surface area contributed by atoms with E-state index in [4.69, 9.17) is 4.74 Å². The van der Waals surface area contributed by atoms with E-state index < -0.39 is 11.6 Å². The minimum absolute atomic E-state index is 0.280. The summed E-state index contributed by atoms with van der Waals surface area (Å²) in [5.74, 6) is -1.09. The van der Waals surface area contributed by atoms with Gasteiger partial charge in [0.05, 0.1) is 6.10 Å². The van der Waals surface area contributed by atoms with E-state index >= 15 is 0 Å². The summed E-state index contributed by atoms with van der Waals surface area (Å²) in [6.45, 7) is 0. The van der Waals surface area contributed by atoms with Crippen molar-refractivity contribution < 1.29 is 13.5 Å². The van der Waals surface area contributed by atoms with E-state index in [0.717, 1.165) is 31.7 Å². The van der Waals surface area contributed by atoms with Crippen LogP contribution in [0, 0.1) is 11.6 Å². The van der Waals surface area contributed by atoms with Gasteiger partial charge in [-0.1, -0.05) is 0 Å². The third kappa shape index (κ3) is 3.40. The van der Waals surface area contributed by atoms with Crippen molar-refractivity contribution in [2.75, 3.05) is 12.4 Å². The first kappa shape index (κ1) is 12.3. The zero-order valence-corrected chi connectivity index (χ0v) is 9.88. The van der Waals surface area contributed by atoms with Gasteiger partial charge in [0.15, 0.2) is 0 Å². The highest BCUT2D eigenvalue weighted by atomic mass is 19.1. The Morgan fingerprint density at radius 2 is 1.65 bits per heavy atom. The van der Waals surface area contributed by atoms with Crippen LogP contribution < -0.4 is 5.32 Å². The first-order chi connectivity index (χ1) is 8.17. The molecule has 1 aromatic rings. The first-order valence-electron chi connectivity index (χ1n) is 5.93. The molecule has 1 aromatic carbocycles. The Bertz CT molecular complexity index is 355. The van der Waals surface area contributed by atoms with Gasteiger partial charge >= 0.3 is 0 Å². The van der Waals surface area contributed by atoms with Gasteiger partial charge in [0.2, 0.25) is 0 Å². The number of methoxy groups -OCH3 is 1. The second-order valence-corrected chi connectivity index (χ2v) is 4.51. The van der Waals surface area contributed by atoms with E-state index in [0.29, 0.717) is 11.8 Å². The fourth-order valence-corrected chi connectivity index (χ4v) is 2.32. The van der Waals surface area contributed by atoms with Crippen molar-refractivity contribution in [1.82, 2.24) is 0 Å². The maximum Gasteiger partial charge on any atom is 0.128 e. The smallest absolute Gasteiger partial charge is 0.128 e. The summed E-state index contributed by atoms with van der Waals surface area (Å²) < 4.78 is 31.3. The molecule has 0 heterocycles. The fraction of sp³-hybridized carbons (Fsp3) is 0.538. The van der Waals surface area contributed by atoms with Gasteiger partial charge < -0.3 is 10.1 Å². The fourth-order valence-electron chi connectivity index (χ4n) is 2.32. The minimum atomic E-state index is -0.543. The molecule has 2 rings (SSSR count). The Labute approximate surface area is 100.0 Å². The Hall–Kier alpha value is -1.16. The van der Waals surface area contributed by atoms with Gasteiger partial charge in [-0.15, -0.1) is 0 Å². The molecule has 94 valence electrons. The molecule has 0 atom stereocenters. The standard InChI is InChI=1S/C13H17F2NO/c1-17-13-4-2-11(3-5-13)16-12-7-9(14)6-10(15)8-12/h6-8,11,13,16H,2-5H2,1H3. The number of hydrogen-bond donors (Lipinski definition) is 1. The average molecular weight is 241 g/mol. The van der Waals surface area contributed by atoms with Gasteiger partial charge in [-0.25, -0.2) is 8.78 Å². The van der Waals surface area contributed by atoms with Crippen LogP contribution in [0.25, 0.3) is 0 Å². The monoisotopic (exact) mass is 241 g/mol. The maximum atomic E-state index is 13.0. The van der Waals surface area contributed by atoms with Crippen molar-refractivity contribution in [3.8, 4) is 0 Å². The molecule has 0 saturated heterocycles. The van der Waals surface area contributed by atoms with Crippen molar-refractivity contribution in [3.05, 3.63) is 29.8 Å². The molecule has 0 unspecified atom stereocenters. The molecule has 17 heavy (non-hydrogen) atoms. The second-order valence-electron chi connectivity index (χ2n) is 4.51. The van der Waals surface area contributed by atoms with Gasteiger partial charge in [-0.2, -0.15) is 0 Å². The summed E-state index contributed by atoms with van der Waals surface area (Å²) in [5, 5.41) is 3.17. The van der Waals surface area contributed by atoms with E-state index in [1.165, 1.54) is 12.1 Å². The van der Waals surface area contributed by atoms with Gasteiger partial charge in [-0.3, -0.25) is 0 Å². The number of hydrogen-bond acceptors (Lipinski definition) is 2. The molecule has 1 aliphatic rings. The average Bonchev–Trinajstić information content (AvgIpc) is 2.28. The van der Waals surface area contributed by atoms with Crippen LogP contribution in [-0.2, 0) is 4.74 Å². The summed E-state index contributed by atoms with van der Waals surface area (Å²) in [6.07, 6.45) is 4.25. The highest BCUT2D eigenvalue weighted by Crippen LogP contribution is 2.24. The lowest BCUT2D eigenvalue weighted by atomic mass is 9.93. The zero-order chi connectivity index (χ0) is 12.3. The Morgan fingerprint density at radius 1 is 1.06 bits per heavy atom. The highest BCUT2D eigenvalue weighted by molar-refractivity contribution is 5.44. The van der Waals surface area contributed by atoms with Crippen molar-refractivity contribution in [2.24, 2.45) is 0 Å². The van der Waals surface area contributed by atoms with Crippen LogP contribution in [0.1, 0.15) is 25.7 Å². The maximum absolute atomic E-state index is 13.0. The molecule has 0 aromatic heterocycles. The third-order valence-corrected chi connectivity index (χ3v) is 3.24. The summed E-state index contributed by atoms with van der Waals surface area (Å²) in [7, 11) is 1.72. The first-order valence-corrected chi connectivity index (χ1v) is 5.93. The molecule has 0 radical (unpaired) electrons. The lowest BCUT2D eigenvalue weighted by Crippen LogP contribution is -2.29. The van der Waals surface area contributed by atoms with Crippen molar-refractivity contribution in [3.63, 3.8) is 0 Å². The quantitative estimate of drug-likeness (QED) is 0.876. The minimum Gasteiger partial charge on any atom is -0.382 e.